The topological polar surface area (TPSA) is 63.3 Å². The molecule has 0 aliphatic heterocycles. The van der Waals surface area contributed by atoms with E-state index in [9.17, 15) is 4.21 Å². The Bertz CT molecular complexity index is 416. The Balaban J connectivity index is 3.11. The fourth-order valence-corrected chi connectivity index (χ4v) is 2.73. The maximum Gasteiger partial charge on any atom is 0.157 e. The second-order valence-electron chi connectivity index (χ2n) is 4.82. The van der Waals surface area contributed by atoms with Gasteiger partial charge in [-0.05, 0) is 41.5 Å². The highest BCUT2D eigenvalue weighted by Crippen LogP contribution is 2.20. The maximum absolute atomic E-state index is 10.9. The van der Waals surface area contributed by atoms with Crippen LogP contribution in [-0.4, -0.2) is 8.76 Å². The second kappa shape index (κ2) is 6.28. The molecular formula is C13H21NO2S. The molecule has 3 nitrogen and oxygen atoms in total. The van der Waals surface area contributed by atoms with Gasteiger partial charge in [0.1, 0.15) is 0 Å². The van der Waals surface area contributed by atoms with Crippen LogP contribution in [0.25, 0.3) is 0 Å². The minimum absolute atomic E-state index is 0.167. The lowest BCUT2D eigenvalue weighted by molar-refractivity contribution is 0.563. The fourth-order valence-electron chi connectivity index (χ4n) is 2.07. The summed E-state index contributed by atoms with van der Waals surface area (Å²) in [7, 11) is 0. The largest absolute Gasteiger partial charge is 0.326 e. The van der Waals surface area contributed by atoms with E-state index in [1.54, 1.807) is 0 Å². The molecule has 0 amide bonds. The van der Waals surface area contributed by atoms with Crippen molar-refractivity contribution >= 4 is 11.1 Å². The molecule has 0 aliphatic carbocycles. The SMILES string of the molecule is Cc1cc(CC(C)C)cc(CN)c1CS(=O)O. The Morgan fingerprint density at radius 1 is 1.41 bits per heavy atom. The van der Waals surface area contributed by atoms with E-state index in [1.165, 1.54) is 5.56 Å². The van der Waals surface area contributed by atoms with Gasteiger partial charge in [0, 0.05) is 6.54 Å². The Labute approximate surface area is 106 Å². The molecule has 96 valence electrons. The van der Waals surface area contributed by atoms with E-state index < -0.39 is 11.1 Å². The van der Waals surface area contributed by atoms with Crippen molar-refractivity contribution in [1.29, 1.82) is 0 Å². The lowest BCUT2D eigenvalue weighted by atomic mass is 9.95. The van der Waals surface area contributed by atoms with Crippen LogP contribution in [0.5, 0.6) is 0 Å². The van der Waals surface area contributed by atoms with Crippen LogP contribution in [0, 0.1) is 12.8 Å². The average molecular weight is 255 g/mol. The molecule has 17 heavy (non-hydrogen) atoms. The Morgan fingerprint density at radius 2 is 2.06 bits per heavy atom. The minimum Gasteiger partial charge on any atom is -0.326 e. The van der Waals surface area contributed by atoms with E-state index in [0.29, 0.717) is 12.5 Å². The summed E-state index contributed by atoms with van der Waals surface area (Å²) in [4.78, 5) is 0. The normalized spacial score (nSPS) is 13.1. The van der Waals surface area contributed by atoms with Crippen molar-refractivity contribution in [2.24, 2.45) is 11.7 Å². The summed E-state index contributed by atoms with van der Waals surface area (Å²) in [6.07, 6.45) is 1.01. The van der Waals surface area contributed by atoms with E-state index in [2.05, 4.69) is 26.0 Å². The van der Waals surface area contributed by atoms with Crippen LogP contribution < -0.4 is 5.73 Å². The van der Waals surface area contributed by atoms with Gasteiger partial charge in [-0.15, -0.1) is 0 Å². The number of hydrogen-bond acceptors (Lipinski definition) is 2. The summed E-state index contributed by atoms with van der Waals surface area (Å²) in [5, 5.41) is 0. The molecule has 0 aliphatic rings. The molecule has 1 rings (SSSR count). The van der Waals surface area contributed by atoms with Crippen molar-refractivity contribution in [3.05, 3.63) is 34.4 Å². The lowest BCUT2D eigenvalue weighted by Crippen LogP contribution is -2.08. The van der Waals surface area contributed by atoms with E-state index >= 15 is 0 Å². The van der Waals surface area contributed by atoms with Crippen molar-refractivity contribution in [2.75, 3.05) is 0 Å². The Hall–Kier alpha value is -0.710. The summed E-state index contributed by atoms with van der Waals surface area (Å²) in [5.74, 6) is 0.762. The quantitative estimate of drug-likeness (QED) is 0.794. The highest BCUT2D eigenvalue weighted by molar-refractivity contribution is 7.78. The molecule has 0 bridgehead atoms. The zero-order chi connectivity index (χ0) is 13.0. The minimum atomic E-state index is -1.81. The van der Waals surface area contributed by atoms with Gasteiger partial charge in [-0.1, -0.05) is 26.0 Å². The molecule has 1 atom stereocenters. The standard InChI is InChI=1S/C13H21NO2S/c1-9(2)4-11-5-10(3)13(8-17(15)16)12(6-11)7-14/h5-6,9H,4,7-8,14H2,1-3H3,(H,15,16). The first kappa shape index (κ1) is 14.4. The van der Waals surface area contributed by atoms with Crippen LogP contribution in [0.1, 0.15) is 36.1 Å². The molecule has 1 aromatic carbocycles. The number of rotatable bonds is 5. The predicted molar refractivity (Wildman–Crippen MR) is 72.1 cm³/mol. The molecule has 0 spiro atoms. The number of benzene rings is 1. The Morgan fingerprint density at radius 3 is 2.53 bits per heavy atom. The van der Waals surface area contributed by atoms with Gasteiger partial charge in [-0.2, -0.15) is 0 Å². The van der Waals surface area contributed by atoms with E-state index in [0.717, 1.165) is 23.1 Å². The Kier molecular flexibility index (Phi) is 5.31. The van der Waals surface area contributed by atoms with Gasteiger partial charge in [-0.25, -0.2) is 4.21 Å². The van der Waals surface area contributed by atoms with Crippen molar-refractivity contribution in [2.45, 2.75) is 39.5 Å². The predicted octanol–water partition coefficient (Wildman–Crippen LogP) is 2.37. The van der Waals surface area contributed by atoms with E-state index in [1.807, 2.05) is 6.92 Å². The van der Waals surface area contributed by atoms with Gasteiger partial charge in [0.05, 0.1) is 5.75 Å². The number of nitrogens with two attached hydrogens (primary N) is 1. The molecule has 0 saturated heterocycles. The summed E-state index contributed by atoms with van der Waals surface area (Å²) < 4.78 is 19.9. The molecule has 0 heterocycles. The third kappa shape index (κ3) is 4.22. The van der Waals surface area contributed by atoms with Gasteiger partial charge in [0.25, 0.3) is 0 Å². The molecule has 0 radical (unpaired) electrons. The molecular weight excluding hydrogens is 234 g/mol. The smallest absolute Gasteiger partial charge is 0.157 e. The number of aryl methyl sites for hydroxylation is 1. The first-order valence-corrected chi connectivity index (χ1v) is 7.10. The molecule has 1 unspecified atom stereocenters. The number of hydrogen-bond donors (Lipinski definition) is 2. The summed E-state index contributed by atoms with van der Waals surface area (Å²) >= 11 is -1.81. The van der Waals surface area contributed by atoms with Crippen LogP contribution in [0.4, 0.5) is 0 Å². The van der Waals surface area contributed by atoms with Crippen LogP contribution in [0.15, 0.2) is 12.1 Å². The molecule has 0 saturated carbocycles. The lowest BCUT2D eigenvalue weighted by Gasteiger charge is -2.14. The summed E-state index contributed by atoms with van der Waals surface area (Å²) in [6.45, 7) is 6.74. The molecule has 0 fully saturated rings. The zero-order valence-electron chi connectivity index (χ0n) is 10.7. The fraction of sp³-hybridized carbons (Fsp3) is 0.538. The molecule has 3 N–H and O–H groups in total. The molecule has 0 aromatic heterocycles. The average Bonchev–Trinajstić information content (AvgIpc) is 2.20. The van der Waals surface area contributed by atoms with Gasteiger partial charge >= 0.3 is 0 Å². The van der Waals surface area contributed by atoms with Gasteiger partial charge in [0.2, 0.25) is 0 Å². The van der Waals surface area contributed by atoms with Crippen LogP contribution in [-0.2, 0) is 29.8 Å². The van der Waals surface area contributed by atoms with E-state index in [4.69, 9.17) is 10.3 Å². The molecule has 4 heteroatoms. The third-order valence-electron chi connectivity index (χ3n) is 2.76. The van der Waals surface area contributed by atoms with Crippen LogP contribution in [0.2, 0.25) is 0 Å². The van der Waals surface area contributed by atoms with Crippen molar-refractivity contribution in [1.82, 2.24) is 0 Å². The first-order valence-electron chi connectivity index (χ1n) is 5.82. The van der Waals surface area contributed by atoms with Crippen molar-refractivity contribution in [3.63, 3.8) is 0 Å². The maximum atomic E-state index is 10.9. The summed E-state index contributed by atoms with van der Waals surface area (Å²) in [6, 6.07) is 4.16. The van der Waals surface area contributed by atoms with E-state index in [-0.39, 0.29) is 5.75 Å². The monoisotopic (exact) mass is 255 g/mol. The summed E-state index contributed by atoms with van der Waals surface area (Å²) in [5.41, 5.74) is 9.94. The second-order valence-corrected chi connectivity index (χ2v) is 5.75. The zero-order valence-corrected chi connectivity index (χ0v) is 11.5. The highest BCUT2D eigenvalue weighted by Gasteiger charge is 2.10. The molecule has 1 aromatic rings. The van der Waals surface area contributed by atoms with Gasteiger partial charge in [0.15, 0.2) is 11.1 Å². The first-order chi connectivity index (χ1) is 7.93. The van der Waals surface area contributed by atoms with Crippen LogP contribution >= 0.6 is 0 Å². The van der Waals surface area contributed by atoms with Gasteiger partial charge < -0.3 is 10.3 Å². The van der Waals surface area contributed by atoms with Crippen molar-refractivity contribution in [3.8, 4) is 0 Å². The highest BCUT2D eigenvalue weighted by atomic mass is 32.2. The van der Waals surface area contributed by atoms with Crippen molar-refractivity contribution < 1.29 is 8.76 Å². The van der Waals surface area contributed by atoms with Gasteiger partial charge in [-0.3, -0.25) is 0 Å². The third-order valence-corrected chi connectivity index (χ3v) is 3.29. The van der Waals surface area contributed by atoms with Crippen LogP contribution in [0.3, 0.4) is 0 Å².